The van der Waals surface area contributed by atoms with Crippen LogP contribution in [0.1, 0.15) is 48.5 Å². The molecule has 0 aromatic carbocycles. The van der Waals surface area contributed by atoms with E-state index >= 15 is 0 Å². The largest absolute Gasteiger partial charge is 0.0988 e. The molecule has 0 aromatic heterocycles. The van der Waals surface area contributed by atoms with Gasteiger partial charge in [-0.3, -0.25) is 0 Å². The average Bonchev–Trinajstić information content (AvgIpc) is 2.20. The van der Waals surface area contributed by atoms with Crippen molar-refractivity contribution in [2.24, 2.45) is 0 Å². The second-order valence-corrected chi connectivity index (χ2v) is 2.36. The van der Waals surface area contributed by atoms with E-state index in [1.165, 1.54) is 11.1 Å². The third kappa shape index (κ3) is 24.7. The maximum Gasteiger partial charge on any atom is -0.0398 e. The molecule has 0 fully saturated rings. The Morgan fingerprint density at radius 2 is 1.23 bits per heavy atom. The van der Waals surface area contributed by atoms with E-state index in [1.807, 2.05) is 40.7 Å². The maximum atomic E-state index is 3.64. The van der Waals surface area contributed by atoms with Gasteiger partial charge in [0.2, 0.25) is 0 Å². The Kier molecular flexibility index (Phi) is 24.1. The zero-order chi connectivity index (χ0) is 11.3. The molecule has 0 aliphatic rings. The summed E-state index contributed by atoms with van der Waals surface area (Å²) in [6.45, 7) is 17.8. The van der Waals surface area contributed by atoms with Gasteiger partial charge in [0.05, 0.1) is 0 Å². The van der Waals surface area contributed by atoms with E-state index in [2.05, 4.69) is 32.6 Å². The normalized spacial score (nSPS) is 8.38. The molecule has 0 bridgehead atoms. The standard InChI is InChI=1S/C9H14.2C2H6/c1-5-9(4)7-6-8(2)3;2*1-2/h5-7H,1H2,2-4H3;2*1-2H3/b9-7-;;. The predicted octanol–water partition coefficient (Wildman–Crippen LogP) is 5.14. The summed E-state index contributed by atoms with van der Waals surface area (Å²) in [5, 5.41) is 0. The minimum absolute atomic E-state index is 1.20. The van der Waals surface area contributed by atoms with Crippen LogP contribution in [0.2, 0.25) is 0 Å². The van der Waals surface area contributed by atoms with Crippen molar-refractivity contribution in [3.63, 3.8) is 0 Å². The van der Waals surface area contributed by atoms with Crippen LogP contribution in [0.5, 0.6) is 0 Å². The lowest BCUT2D eigenvalue weighted by molar-refractivity contribution is 1.38. The molecule has 0 heterocycles. The molecule has 0 spiro atoms. The van der Waals surface area contributed by atoms with Crippen LogP contribution < -0.4 is 0 Å². The van der Waals surface area contributed by atoms with E-state index in [0.717, 1.165) is 0 Å². The van der Waals surface area contributed by atoms with Crippen molar-refractivity contribution in [2.45, 2.75) is 48.5 Å². The highest BCUT2D eigenvalue weighted by Gasteiger charge is 1.74. The summed E-state index contributed by atoms with van der Waals surface area (Å²) in [5.41, 5.74) is 2.52. The van der Waals surface area contributed by atoms with Gasteiger partial charge in [0.15, 0.2) is 0 Å². The summed E-state index contributed by atoms with van der Waals surface area (Å²) in [6, 6.07) is 0. The van der Waals surface area contributed by atoms with Gasteiger partial charge in [0.25, 0.3) is 0 Å². The molecule has 0 radical (unpaired) electrons. The molecule has 0 atom stereocenters. The topological polar surface area (TPSA) is 0 Å². The van der Waals surface area contributed by atoms with Gasteiger partial charge in [-0.2, -0.15) is 0 Å². The summed E-state index contributed by atoms with van der Waals surface area (Å²) in [6.07, 6.45) is 5.98. The Hall–Kier alpha value is -0.780. The molecule has 0 saturated heterocycles. The Labute approximate surface area is 85.1 Å². The second-order valence-electron chi connectivity index (χ2n) is 2.36. The molecule has 0 aliphatic carbocycles. The summed E-state index contributed by atoms with van der Waals surface area (Å²) >= 11 is 0. The highest BCUT2D eigenvalue weighted by atomic mass is 13.8. The molecule has 78 valence electrons. The lowest BCUT2D eigenvalue weighted by Gasteiger charge is -1.86. The SMILES string of the molecule is C=C/C(C)=C\C=C(C)C.CC.CC. The van der Waals surface area contributed by atoms with Crippen LogP contribution in [0, 0.1) is 0 Å². The van der Waals surface area contributed by atoms with Gasteiger partial charge in [-0.25, -0.2) is 0 Å². The van der Waals surface area contributed by atoms with Crippen molar-refractivity contribution in [1.82, 2.24) is 0 Å². The summed E-state index contributed by atoms with van der Waals surface area (Å²) in [4.78, 5) is 0. The molecule has 0 N–H and O–H groups in total. The zero-order valence-corrected chi connectivity index (χ0v) is 10.4. The van der Waals surface area contributed by atoms with Gasteiger partial charge in [-0.05, 0) is 20.8 Å². The third-order valence-electron chi connectivity index (χ3n) is 1.00. The Morgan fingerprint density at radius 3 is 1.46 bits per heavy atom. The average molecular weight is 182 g/mol. The Bertz CT molecular complexity index is 143. The number of hydrogen-bond donors (Lipinski definition) is 0. The molecule has 0 rings (SSSR count). The van der Waals surface area contributed by atoms with Gasteiger partial charge < -0.3 is 0 Å². The zero-order valence-electron chi connectivity index (χ0n) is 10.4. The monoisotopic (exact) mass is 182 g/mol. The van der Waals surface area contributed by atoms with E-state index in [1.54, 1.807) is 0 Å². The molecule has 0 aliphatic heterocycles. The van der Waals surface area contributed by atoms with Crippen molar-refractivity contribution in [3.8, 4) is 0 Å². The smallest absolute Gasteiger partial charge is 0.0398 e. The van der Waals surface area contributed by atoms with Crippen LogP contribution in [0.4, 0.5) is 0 Å². The molecule has 13 heavy (non-hydrogen) atoms. The molecule has 0 heteroatoms. The lowest BCUT2D eigenvalue weighted by atomic mass is 10.2. The molecular formula is C13H26. The van der Waals surface area contributed by atoms with Gasteiger partial charge in [-0.15, -0.1) is 0 Å². The lowest BCUT2D eigenvalue weighted by Crippen LogP contribution is -1.64. The van der Waals surface area contributed by atoms with Crippen molar-refractivity contribution < 1.29 is 0 Å². The molecular weight excluding hydrogens is 156 g/mol. The summed E-state index contributed by atoms with van der Waals surface area (Å²) in [7, 11) is 0. The first-order valence-electron chi connectivity index (χ1n) is 5.11. The Balaban J connectivity index is -0.000000218. The van der Waals surface area contributed by atoms with Crippen LogP contribution in [0.3, 0.4) is 0 Å². The van der Waals surface area contributed by atoms with E-state index < -0.39 is 0 Å². The number of rotatable bonds is 2. The van der Waals surface area contributed by atoms with Crippen molar-refractivity contribution >= 4 is 0 Å². The first-order valence-corrected chi connectivity index (χ1v) is 5.11. The quantitative estimate of drug-likeness (QED) is 0.519. The fourth-order valence-electron chi connectivity index (χ4n) is 0.366. The molecule has 0 nitrogen and oxygen atoms in total. The number of hydrogen-bond acceptors (Lipinski definition) is 0. The van der Waals surface area contributed by atoms with Crippen molar-refractivity contribution in [3.05, 3.63) is 36.0 Å². The minimum atomic E-state index is 1.20. The highest BCUT2D eigenvalue weighted by molar-refractivity contribution is 5.21. The van der Waals surface area contributed by atoms with Crippen molar-refractivity contribution in [2.75, 3.05) is 0 Å². The summed E-state index contributed by atoms with van der Waals surface area (Å²) in [5.74, 6) is 0. The first-order chi connectivity index (χ1) is 6.16. The van der Waals surface area contributed by atoms with Crippen LogP contribution in [-0.4, -0.2) is 0 Å². The highest BCUT2D eigenvalue weighted by Crippen LogP contribution is 1.96. The maximum absolute atomic E-state index is 3.64. The number of allylic oxidation sites excluding steroid dienone is 5. The van der Waals surface area contributed by atoms with Gasteiger partial charge in [-0.1, -0.05) is 63.6 Å². The summed E-state index contributed by atoms with van der Waals surface area (Å²) < 4.78 is 0. The van der Waals surface area contributed by atoms with Gasteiger partial charge in [0.1, 0.15) is 0 Å². The minimum Gasteiger partial charge on any atom is -0.0988 e. The molecule has 0 aromatic rings. The van der Waals surface area contributed by atoms with Crippen LogP contribution in [0.25, 0.3) is 0 Å². The molecule has 0 amide bonds. The van der Waals surface area contributed by atoms with Gasteiger partial charge in [0, 0.05) is 0 Å². The fraction of sp³-hybridized carbons (Fsp3) is 0.538. The van der Waals surface area contributed by atoms with E-state index in [0.29, 0.717) is 0 Å². The van der Waals surface area contributed by atoms with Crippen molar-refractivity contribution in [1.29, 1.82) is 0 Å². The van der Waals surface area contributed by atoms with Crippen LogP contribution in [-0.2, 0) is 0 Å². The van der Waals surface area contributed by atoms with Gasteiger partial charge >= 0.3 is 0 Å². The van der Waals surface area contributed by atoms with Crippen LogP contribution in [0.15, 0.2) is 36.0 Å². The molecule has 0 saturated carbocycles. The first kappa shape index (κ1) is 18.1. The fourth-order valence-corrected chi connectivity index (χ4v) is 0.366. The Morgan fingerprint density at radius 1 is 0.846 bits per heavy atom. The van der Waals surface area contributed by atoms with E-state index in [-0.39, 0.29) is 0 Å². The van der Waals surface area contributed by atoms with Crippen LogP contribution >= 0.6 is 0 Å². The third-order valence-corrected chi connectivity index (χ3v) is 1.00. The van der Waals surface area contributed by atoms with E-state index in [9.17, 15) is 0 Å². The van der Waals surface area contributed by atoms with E-state index in [4.69, 9.17) is 0 Å². The second kappa shape index (κ2) is 17.3. The molecule has 0 unspecified atom stereocenters. The predicted molar refractivity (Wildman–Crippen MR) is 66.1 cm³/mol.